The van der Waals surface area contributed by atoms with E-state index in [2.05, 4.69) is 10.2 Å². The summed E-state index contributed by atoms with van der Waals surface area (Å²) < 4.78 is 0. The van der Waals surface area contributed by atoms with Crippen LogP contribution < -0.4 is 4.90 Å². The summed E-state index contributed by atoms with van der Waals surface area (Å²) in [7, 11) is 0. The molecule has 0 radical (unpaired) electrons. The first-order valence-electron chi connectivity index (χ1n) is 6.29. The molecule has 0 amide bonds. The van der Waals surface area contributed by atoms with Gasteiger partial charge in [-0.3, -0.25) is 4.79 Å². The maximum absolute atomic E-state index is 11.0. The summed E-state index contributed by atoms with van der Waals surface area (Å²) in [6, 6.07) is 9.27. The zero-order chi connectivity index (χ0) is 14.5. The molecule has 20 heavy (non-hydrogen) atoms. The number of carboxylic acids is 1. The predicted octanol–water partition coefficient (Wildman–Crippen LogP) is 1.80. The third-order valence-corrected chi connectivity index (χ3v) is 2.88. The van der Waals surface area contributed by atoms with E-state index in [4.69, 9.17) is 5.11 Å². The number of anilines is 1. The van der Waals surface area contributed by atoms with Crippen molar-refractivity contribution in [2.45, 2.75) is 13.3 Å². The predicted molar refractivity (Wildman–Crippen MR) is 74.4 cm³/mol. The molecule has 0 aliphatic carbocycles. The highest BCUT2D eigenvalue weighted by atomic mass is 16.4. The van der Waals surface area contributed by atoms with Gasteiger partial charge in [0.15, 0.2) is 5.69 Å². The summed E-state index contributed by atoms with van der Waals surface area (Å²) in [5.74, 6) is -0.941. The molecular formula is C14H14N4O2. The van der Waals surface area contributed by atoms with Crippen molar-refractivity contribution in [2.24, 2.45) is 0 Å². The van der Waals surface area contributed by atoms with E-state index in [-0.39, 0.29) is 12.2 Å². The van der Waals surface area contributed by atoms with E-state index in [1.807, 2.05) is 31.2 Å². The minimum atomic E-state index is -0.941. The fourth-order valence-corrected chi connectivity index (χ4v) is 2.14. The quantitative estimate of drug-likeness (QED) is 0.891. The highest BCUT2D eigenvalue weighted by Crippen LogP contribution is 2.27. The van der Waals surface area contributed by atoms with Crippen LogP contribution >= 0.6 is 0 Å². The lowest BCUT2D eigenvalue weighted by atomic mass is 10.1. The Hall–Kier alpha value is -2.68. The molecule has 0 fully saturated rings. The van der Waals surface area contributed by atoms with Crippen LogP contribution in [0.3, 0.4) is 0 Å². The number of nitriles is 1. The Morgan fingerprint density at radius 3 is 2.80 bits per heavy atom. The minimum Gasteiger partial charge on any atom is -0.480 e. The molecule has 2 aromatic rings. The summed E-state index contributed by atoms with van der Waals surface area (Å²) in [6.45, 7) is 2.33. The van der Waals surface area contributed by atoms with Gasteiger partial charge < -0.3 is 10.0 Å². The first-order chi connectivity index (χ1) is 9.67. The molecule has 1 heterocycles. The second-order valence-corrected chi connectivity index (χ2v) is 4.34. The van der Waals surface area contributed by atoms with E-state index in [0.29, 0.717) is 17.7 Å². The first-order valence-corrected chi connectivity index (χ1v) is 6.29. The lowest BCUT2D eigenvalue weighted by molar-refractivity contribution is -0.135. The Bertz CT molecular complexity index is 678. The highest BCUT2D eigenvalue weighted by molar-refractivity contribution is 5.94. The van der Waals surface area contributed by atoms with E-state index in [0.717, 1.165) is 11.8 Å². The van der Waals surface area contributed by atoms with Crippen molar-refractivity contribution in [1.29, 1.82) is 5.26 Å². The molecule has 6 heteroatoms. The number of fused-ring (bicyclic) bond motifs is 1. The Morgan fingerprint density at radius 1 is 1.40 bits per heavy atom. The molecular weight excluding hydrogens is 256 g/mol. The van der Waals surface area contributed by atoms with Gasteiger partial charge in [0.05, 0.1) is 11.2 Å². The fraction of sp³-hybridized carbons (Fsp3) is 0.286. The molecule has 0 saturated heterocycles. The number of carbonyl (C=O) groups is 1. The second kappa shape index (κ2) is 5.97. The molecule has 2 rings (SSSR count). The molecule has 0 spiro atoms. The molecule has 0 saturated carbocycles. The van der Waals surface area contributed by atoms with Gasteiger partial charge in [0, 0.05) is 11.9 Å². The van der Waals surface area contributed by atoms with Gasteiger partial charge in [-0.15, -0.1) is 10.2 Å². The topological polar surface area (TPSA) is 90.1 Å². The molecule has 102 valence electrons. The highest BCUT2D eigenvalue weighted by Gasteiger charge is 2.18. The molecule has 0 aliphatic heterocycles. The molecule has 0 bridgehead atoms. The first kappa shape index (κ1) is 13.7. The van der Waals surface area contributed by atoms with Gasteiger partial charge in [0.1, 0.15) is 12.6 Å². The van der Waals surface area contributed by atoms with E-state index in [9.17, 15) is 10.1 Å². The lowest BCUT2D eigenvalue weighted by Crippen LogP contribution is -2.31. The van der Waals surface area contributed by atoms with Crippen LogP contribution in [0, 0.1) is 11.3 Å². The number of carboxylic acid groups (broad SMARTS) is 1. The fourth-order valence-electron chi connectivity index (χ4n) is 2.14. The summed E-state index contributed by atoms with van der Waals surface area (Å²) >= 11 is 0. The van der Waals surface area contributed by atoms with Gasteiger partial charge in [-0.1, -0.05) is 25.1 Å². The average Bonchev–Trinajstić information content (AvgIpc) is 2.45. The SMILES string of the molecule is CCCN(CC(=O)O)c1c(C#N)nnc2ccccc12. The van der Waals surface area contributed by atoms with Crippen molar-refractivity contribution in [3.05, 3.63) is 30.0 Å². The third-order valence-electron chi connectivity index (χ3n) is 2.88. The van der Waals surface area contributed by atoms with E-state index >= 15 is 0 Å². The monoisotopic (exact) mass is 270 g/mol. The van der Waals surface area contributed by atoms with Crippen LogP contribution in [0.5, 0.6) is 0 Å². The molecule has 1 aromatic carbocycles. The van der Waals surface area contributed by atoms with Gasteiger partial charge in [-0.2, -0.15) is 5.26 Å². The Kier molecular flexibility index (Phi) is 4.11. The third kappa shape index (κ3) is 2.67. The number of benzene rings is 1. The van der Waals surface area contributed by atoms with Gasteiger partial charge >= 0.3 is 5.97 Å². The molecule has 0 atom stereocenters. The van der Waals surface area contributed by atoms with Gasteiger partial charge in [-0.25, -0.2) is 0 Å². The summed E-state index contributed by atoms with van der Waals surface area (Å²) in [5, 5.41) is 26.9. The molecule has 1 aromatic heterocycles. The molecule has 0 unspecified atom stereocenters. The number of nitrogens with zero attached hydrogens (tertiary/aromatic N) is 4. The summed E-state index contributed by atoms with van der Waals surface area (Å²) in [5.41, 5.74) is 1.34. The van der Waals surface area contributed by atoms with Crippen molar-refractivity contribution in [3.63, 3.8) is 0 Å². The average molecular weight is 270 g/mol. The van der Waals surface area contributed by atoms with Gasteiger partial charge in [0.25, 0.3) is 0 Å². The van der Waals surface area contributed by atoms with Crippen molar-refractivity contribution in [3.8, 4) is 6.07 Å². The Balaban J connectivity index is 2.64. The maximum atomic E-state index is 11.0. The Labute approximate surface area is 116 Å². The Morgan fingerprint density at radius 2 is 2.15 bits per heavy atom. The number of hydrogen-bond acceptors (Lipinski definition) is 5. The minimum absolute atomic E-state index is 0.151. The normalized spacial score (nSPS) is 10.2. The van der Waals surface area contributed by atoms with Crippen LogP contribution in [0.25, 0.3) is 10.9 Å². The van der Waals surface area contributed by atoms with Crippen LogP contribution in [0.2, 0.25) is 0 Å². The number of hydrogen-bond donors (Lipinski definition) is 1. The number of aromatic nitrogens is 2. The molecule has 0 aliphatic rings. The lowest BCUT2D eigenvalue weighted by Gasteiger charge is -2.23. The van der Waals surface area contributed by atoms with E-state index < -0.39 is 5.97 Å². The smallest absolute Gasteiger partial charge is 0.323 e. The van der Waals surface area contributed by atoms with Crippen LogP contribution in [-0.2, 0) is 4.79 Å². The maximum Gasteiger partial charge on any atom is 0.323 e. The summed E-state index contributed by atoms with van der Waals surface area (Å²) in [4.78, 5) is 12.7. The zero-order valence-electron chi connectivity index (χ0n) is 11.1. The van der Waals surface area contributed by atoms with Crippen molar-refractivity contribution >= 4 is 22.6 Å². The van der Waals surface area contributed by atoms with Crippen LogP contribution in [0.1, 0.15) is 19.0 Å². The van der Waals surface area contributed by atoms with Crippen molar-refractivity contribution in [2.75, 3.05) is 18.0 Å². The van der Waals surface area contributed by atoms with Crippen molar-refractivity contribution in [1.82, 2.24) is 10.2 Å². The number of aliphatic carboxylic acids is 1. The number of rotatable bonds is 5. The zero-order valence-corrected chi connectivity index (χ0v) is 11.1. The van der Waals surface area contributed by atoms with Crippen LogP contribution in [0.4, 0.5) is 5.69 Å². The van der Waals surface area contributed by atoms with Crippen LogP contribution in [-0.4, -0.2) is 34.4 Å². The molecule has 1 N–H and O–H groups in total. The standard InChI is InChI=1S/C14H14N4O2/c1-2-7-18(9-13(19)20)14-10-5-3-4-6-11(10)16-17-12(14)8-15/h3-6H,2,7,9H2,1H3,(H,19,20). The van der Waals surface area contributed by atoms with Gasteiger partial charge in [-0.05, 0) is 12.5 Å². The van der Waals surface area contributed by atoms with E-state index in [1.165, 1.54) is 0 Å². The molecule has 6 nitrogen and oxygen atoms in total. The van der Waals surface area contributed by atoms with Gasteiger partial charge in [0.2, 0.25) is 0 Å². The van der Waals surface area contributed by atoms with Crippen LogP contribution in [0.15, 0.2) is 24.3 Å². The van der Waals surface area contributed by atoms with Crippen molar-refractivity contribution < 1.29 is 9.90 Å². The second-order valence-electron chi connectivity index (χ2n) is 4.34. The summed E-state index contributed by atoms with van der Waals surface area (Å²) in [6.07, 6.45) is 0.773. The van der Waals surface area contributed by atoms with E-state index in [1.54, 1.807) is 11.0 Å². The largest absolute Gasteiger partial charge is 0.480 e.